The molecule has 1 N–H and O–H groups in total. The highest BCUT2D eigenvalue weighted by atomic mass is 16.3. The van der Waals surface area contributed by atoms with Crippen molar-refractivity contribution in [1.29, 1.82) is 0 Å². The molecule has 0 aliphatic heterocycles. The van der Waals surface area contributed by atoms with E-state index in [4.69, 9.17) is 0 Å². The van der Waals surface area contributed by atoms with Crippen molar-refractivity contribution in [3.05, 3.63) is 41.6 Å². The number of hydrogen-bond acceptors (Lipinski definition) is 2. The summed E-state index contributed by atoms with van der Waals surface area (Å²) in [6.45, 7) is 3.73. The Morgan fingerprint density at radius 2 is 1.93 bits per heavy atom. The monoisotopic (exact) mass is 187 g/mol. The molecular weight excluding hydrogens is 174 g/mol. The molecule has 0 saturated carbocycles. The highest BCUT2D eigenvalue weighted by Gasteiger charge is 2.02. The summed E-state index contributed by atoms with van der Waals surface area (Å²) in [5.74, 6) is 0. The van der Waals surface area contributed by atoms with Gasteiger partial charge in [-0.15, -0.1) is 0 Å². The number of aliphatic hydroxyl groups is 1. The van der Waals surface area contributed by atoms with Crippen LogP contribution in [0, 0.1) is 6.92 Å². The molecule has 2 rings (SSSR count). The number of aromatic nitrogens is 1. The van der Waals surface area contributed by atoms with Gasteiger partial charge in [-0.1, -0.05) is 18.2 Å². The predicted octanol–water partition coefficient (Wildman–Crippen LogP) is 2.60. The van der Waals surface area contributed by atoms with Crippen LogP contribution in [0.1, 0.15) is 24.3 Å². The molecule has 1 unspecified atom stereocenters. The first kappa shape index (κ1) is 9.16. The van der Waals surface area contributed by atoms with Gasteiger partial charge >= 0.3 is 0 Å². The van der Waals surface area contributed by atoms with E-state index in [-0.39, 0.29) is 0 Å². The summed E-state index contributed by atoms with van der Waals surface area (Å²) in [7, 11) is 0. The van der Waals surface area contributed by atoms with E-state index in [1.807, 2.05) is 37.3 Å². The third-order valence-electron chi connectivity index (χ3n) is 2.34. The molecule has 0 radical (unpaired) electrons. The van der Waals surface area contributed by atoms with Crippen LogP contribution >= 0.6 is 0 Å². The maximum Gasteiger partial charge on any atom is 0.0762 e. The van der Waals surface area contributed by atoms with Gasteiger partial charge in [0, 0.05) is 11.1 Å². The lowest BCUT2D eigenvalue weighted by Gasteiger charge is -2.05. The van der Waals surface area contributed by atoms with E-state index < -0.39 is 6.10 Å². The van der Waals surface area contributed by atoms with Crippen molar-refractivity contribution in [3.8, 4) is 0 Å². The van der Waals surface area contributed by atoms with E-state index in [1.54, 1.807) is 6.92 Å². The minimum absolute atomic E-state index is 0.429. The minimum atomic E-state index is -0.429. The Kier molecular flexibility index (Phi) is 2.22. The second kappa shape index (κ2) is 3.39. The molecule has 0 spiro atoms. The van der Waals surface area contributed by atoms with Gasteiger partial charge in [-0.3, -0.25) is 4.98 Å². The van der Waals surface area contributed by atoms with Crippen molar-refractivity contribution in [3.63, 3.8) is 0 Å². The molecule has 2 aromatic rings. The molecule has 14 heavy (non-hydrogen) atoms. The van der Waals surface area contributed by atoms with E-state index in [9.17, 15) is 5.11 Å². The Labute approximate surface area is 83.2 Å². The summed E-state index contributed by atoms with van der Waals surface area (Å²) < 4.78 is 0. The fourth-order valence-corrected chi connectivity index (χ4v) is 1.50. The van der Waals surface area contributed by atoms with Gasteiger partial charge in [0.05, 0.1) is 11.6 Å². The van der Waals surface area contributed by atoms with Crippen LogP contribution in [-0.4, -0.2) is 10.1 Å². The summed E-state index contributed by atoms with van der Waals surface area (Å²) in [5, 5.41) is 10.5. The van der Waals surface area contributed by atoms with Crippen LogP contribution in [0.5, 0.6) is 0 Å². The van der Waals surface area contributed by atoms with Crippen molar-refractivity contribution in [2.75, 3.05) is 0 Å². The van der Waals surface area contributed by atoms with Gasteiger partial charge in [-0.05, 0) is 31.5 Å². The van der Waals surface area contributed by atoms with Crippen molar-refractivity contribution in [2.45, 2.75) is 20.0 Å². The number of pyridine rings is 1. The van der Waals surface area contributed by atoms with Gasteiger partial charge < -0.3 is 5.11 Å². The molecule has 0 fully saturated rings. The Hall–Kier alpha value is -1.41. The zero-order chi connectivity index (χ0) is 10.1. The number of benzene rings is 1. The second-order valence-corrected chi connectivity index (χ2v) is 3.58. The maximum absolute atomic E-state index is 9.42. The molecule has 1 heterocycles. The number of fused-ring (bicyclic) bond motifs is 1. The number of rotatable bonds is 1. The quantitative estimate of drug-likeness (QED) is 0.744. The van der Waals surface area contributed by atoms with Crippen LogP contribution in [0.15, 0.2) is 30.3 Å². The van der Waals surface area contributed by atoms with E-state index in [0.717, 1.165) is 22.2 Å². The van der Waals surface area contributed by atoms with Crippen LogP contribution in [0.4, 0.5) is 0 Å². The Bertz CT molecular complexity index is 463. The molecule has 0 aliphatic rings. The molecule has 0 aliphatic carbocycles. The van der Waals surface area contributed by atoms with Crippen LogP contribution in [0.2, 0.25) is 0 Å². The van der Waals surface area contributed by atoms with Crippen LogP contribution in [-0.2, 0) is 0 Å². The molecular formula is C12H13NO. The zero-order valence-electron chi connectivity index (χ0n) is 8.36. The number of nitrogens with zero attached hydrogens (tertiary/aromatic N) is 1. The third-order valence-corrected chi connectivity index (χ3v) is 2.34. The van der Waals surface area contributed by atoms with E-state index in [0.29, 0.717) is 0 Å². The van der Waals surface area contributed by atoms with Crippen LogP contribution < -0.4 is 0 Å². The first-order valence-corrected chi connectivity index (χ1v) is 4.72. The Morgan fingerprint density at radius 1 is 1.21 bits per heavy atom. The highest BCUT2D eigenvalue weighted by molar-refractivity contribution is 5.79. The molecule has 0 amide bonds. The SMILES string of the molecule is Cc1ccc2ccc(C(C)O)cc2n1. The van der Waals surface area contributed by atoms with Gasteiger partial charge in [-0.2, -0.15) is 0 Å². The number of aliphatic hydroxyl groups excluding tert-OH is 1. The molecule has 1 aromatic carbocycles. The third kappa shape index (κ3) is 1.61. The summed E-state index contributed by atoms with van der Waals surface area (Å²) >= 11 is 0. The van der Waals surface area contributed by atoms with Gasteiger partial charge in [0.1, 0.15) is 0 Å². The summed E-state index contributed by atoms with van der Waals surface area (Å²) in [6, 6.07) is 9.90. The molecule has 72 valence electrons. The lowest BCUT2D eigenvalue weighted by Crippen LogP contribution is -1.91. The van der Waals surface area contributed by atoms with Crippen molar-refractivity contribution in [2.24, 2.45) is 0 Å². The zero-order valence-corrected chi connectivity index (χ0v) is 8.36. The highest BCUT2D eigenvalue weighted by Crippen LogP contribution is 2.18. The molecule has 1 atom stereocenters. The smallest absolute Gasteiger partial charge is 0.0762 e. The number of hydrogen-bond donors (Lipinski definition) is 1. The summed E-state index contributed by atoms with van der Waals surface area (Å²) in [4.78, 5) is 4.41. The Balaban J connectivity index is 2.63. The first-order valence-electron chi connectivity index (χ1n) is 4.72. The van der Waals surface area contributed by atoms with Gasteiger partial charge in [0.2, 0.25) is 0 Å². The van der Waals surface area contributed by atoms with Crippen LogP contribution in [0.25, 0.3) is 10.9 Å². The lowest BCUT2D eigenvalue weighted by atomic mass is 10.1. The normalized spacial score (nSPS) is 13.1. The van der Waals surface area contributed by atoms with Crippen molar-refractivity contribution in [1.82, 2.24) is 4.98 Å². The molecule has 2 nitrogen and oxygen atoms in total. The van der Waals surface area contributed by atoms with Gasteiger partial charge in [0.15, 0.2) is 0 Å². The average molecular weight is 187 g/mol. The average Bonchev–Trinajstić information content (AvgIpc) is 2.16. The van der Waals surface area contributed by atoms with Crippen LogP contribution in [0.3, 0.4) is 0 Å². The fourth-order valence-electron chi connectivity index (χ4n) is 1.50. The fraction of sp³-hybridized carbons (Fsp3) is 0.250. The summed E-state index contributed by atoms with van der Waals surface area (Å²) in [5.41, 5.74) is 2.86. The van der Waals surface area contributed by atoms with Crippen molar-refractivity contribution < 1.29 is 5.11 Å². The van der Waals surface area contributed by atoms with Crippen molar-refractivity contribution >= 4 is 10.9 Å². The molecule has 0 bridgehead atoms. The first-order chi connectivity index (χ1) is 6.66. The minimum Gasteiger partial charge on any atom is -0.389 e. The van der Waals surface area contributed by atoms with Gasteiger partial charge in [-0.25, -0.2) is 0 Å². The molecule has 2 heteroatoms. The lowest BCUT2D eigenvalue weighted by molar-refractivity contribution is 0.199. The topological polar surface area (TPSA) is 33.1 Å². The van der Waals surface area contributed by atoms with E-state index in [1.165, 1.54) is 0 Å². The summed E-state index contributed by atoms with van der Waals surface area (Å²) in [6.07, 6.45) is -0.429. The second-order valence-electron chi connectivity index (χ2n) is 3.58. The largest absolute Gasteiger partial charge is 0.389 e. The van der Waals surface area contributed by atoms with E-state index in [2.05, 4.69) is 4.98 Å². The maximum atomic E-state index is 9.42. The number of aryl methyl sites for hydroxylation is 1. The standard InChI is InChI=1S/C12H13NO/c1-8-3-4-10-5-6-11(9(2)14)7-12(10)13-8/h3-7,9,14H,1-2H3. The molecule has 0 saturated heterocycles. The molecule has 1 aromatic heterocycles. The van der Waals surface area contributed by atoms with E-state index >= 15 is 0 Å². The van der Waals surface area contributed by atoms with Gasteiger partial charge in [0.25, 0.3) is 0 Å². The predicted molar refractivity (Wildman–Crippen MR) is 57.1 cm³/mol. The Morgan fingerprint density at radius 3 is 2.64 bits per heavy atom.